The first-order valence-corrected chi connectivity index (χ1v) is 21.9. The summed E-state index contributed by atoms with van der Waals surface area (Å²) < 4.78 is 32.5. The number of aliphatic hydroxyl groups excluding tert-OH is 1. The molecule has 2 aromatic rings. The molecule has 4 aliphatic heterocycles. The maximum atomic E-state index is 14.5. The number of aromatic nitrogens is 1. The molecule has 330 valence electrons. The van der Waals surface area contributed by atoms with E-state index in [1.807, 2.05) is 77.0 Å². The molecule has 0 saturated carbocycles. The molecule has 6 heterocycles. The second-order valence-electron chi connectivity index (χ2n) is 17.6. The van der Waals surface area contributed by atoms with Crippen molar-refractivity contribution in [1.29, 1.82) is 0 Å². The monoisotopic (exact) mass is 854 g/mol. The zero-order chi connectivity index (χ0) is 43.7. The fourth-order valence-electron chi connectivity index (χ4n) is 9.25. The second kappa shape index (κ2) is 18.9. The van der Waals surface area contributed by atoms with E-state index >= 15 is 0 Å². The standard InChI is InChI=1S/C44H62N4O11S/c1-11-34-44(8,53)39-25(4)35-23(2)20-43(7,38(26(5)36(49)27(6)41(52)57-34)58-42-37(50)31(48(9)10)18-24(3)56-42)55-22-28(21-54-39)47-59-32(40(51)46-35)19-29-15-16-33(60-29)30-14-12-13-17-45-30/h12-17,23-27,31-32,34,37-39,42,50,53H,11,18-22H2,1-10H3/b46-35?,47-28-/t23-,24-,25+,26+,27-,31+,32?,34-,37-,38-,39-,42+,43-,44-/m1/s1. The summed E-state index contributed by atoms with van der Waals surface area (Å²) in [5.74, 6) is -5.41. The highest BCUT2D eigenvalue weighted by molar-refractivity contribution is 7.15. The Morgan fingerprint density at radius 2 is 1.77 bits per heavy atom. The van der Waals surface area contributed by atoms with E-state index in [2.05, 4.69) is 10.1 Å². The second-order valence-corrected chi connectivity index (χ2v) is 18.8. The first-order valence-electron chi connectivity index (χ1n) is 21.1. The molecule has 0 radical (unpaired) electrons. The summed E-state index contributed by atoms with van der Waals surface area (Å²) in [6, 6.07) is 9.25. The topological polar surface area (TPSA) is 188 Å². The van der Waals surface area contributed by atoms with Gasteiger partial charge in [0.05, 0.1) is 47.7 Å². The highest BCUT2D eigenvalue weighted by Gasteiger charge is 2.53. The number of cyclic esters (lactones) is 1. The van der Waals surface area contributed by atoms with Crippen LogP contribution in [0.4, 0.5) is 0 Å². The number of rotatable bonds is 7. The molecule has 3 saturated heterocycles. The van der Waals surface area contributed by atoms with Gasteiger partial charge in [-0.25, -0.2) is 4.99 Å². The van der Waals surface area contributed by atoms with Gasteiger partial charge in [0.15, 0.2) is 12.1 Å². The van der Waals surface area contributed by atoms with Crippen molar-refractivity contribution in [2.45, 2.75) is 141 Å². The number of fused-ring (bicyclic) bond motifs is 4. The molecule has 0 spiro atoms. The predicted octanol–water partition coefficient (Wildman–Crippen LogP) is 4.65. The SMILES string of the molecule is CC[C@H]1OC(=O)[C@H](C)C(=O)[C@H](C)[C@@H](O[C@@H]2O[C@H](C)C[C@H](N(C)C)[C@H]2O)[C@@]2(C)C[C@@H](C)C3=NC(=O)C(Cc4ccc(-c5ccccn5)s4)O/N=C(/CO[C@H]([C@H]3C)[C@]1(C)O)CO2. The van der Waals surface area contributed by atoms with Crippen LogP contribution in [0.3, 0.4) is 0 Å². The number of pyridine rings is 1. The Morgan fingerprint density at radius 1 is 1.02 bits per heavy atom. The molecular formula is C44H62N4O11S. The van der Waals surface area contributed by atoms with Gasteiger partial charge in [0.1, 0.15) is 29.4 Å². The minimum Gasteiger partial charge on any atom is -0.459 e. The third-order valence-corrected chi connectivity index (χ3v) is 13.8. The molecule has 14 atom stereocenters. The number of ether oxygens (including phenoxy) is 5. The van der Waals surface area contributed by atoms with E-state index in [1.54, 1.807) is 20.0 Å². The number of oxime groups is 1. The summed E-state index contributed by atoms with van der Waals surface area (Å²) in [5.41, 5.74) is -1.74. The van der Waals surface area contributed by atoms with Crippen LogP contribution in [0.5, 0.6) is 0 Å². The summed E-state index contributed by atoms with van der Waals surface area (Å²) in [4.78, 5) is 61.9. The Hall–Kier alpha value is -3.48. The maximum absolute atomic E-state index is 14.5. The van der Waals surface area contributed by atoms with E-state index < -0.39 is 89.3 Å². The van der Waals surface area contributed by atoms with Crippen molar-refractivity contribution >= 4 is 40.4 Å². The highest BCUT2D eigenvalue weighted by atomic mass is 32.1. The van der Waals surface area contributed by atoms with Gasteiger partial charge in [-0.3, -0.25) is 19.4 Å². The van der Waals surface area contributed by atoms with E-state index in [0.717, 1.165) is 15.4 Å². The van der Waals surface area contributed by atoms with Crippen molar-refractivity contribution in [3.05, 3.63) is 41.4 Å². The van der Waals surface area contributed by atoms with Crippen molar-refractivity contribution < 1.29 is 53.1 Å². The molecular weight excluding hydrogens is 793 g/mol. The fraction of sp³-hybridized carbons (Fsp3) is 0.682. The van der Waals surface area contributed by atoms with Crippen molar-refractivity contribution in [2.75, 3.05) is 27.3 Å². The number of carbonyl (C=O) groups is 3. The number of amides is 1. The number of hydrogen-bond acceptors (Lipinski definition) is 15. The first kappa shape index (κ1) is 46.0. The van der Waals surface area contributed by atoms with Crippen molar-refractivity contribution in [3.63, 3.8) is 0 Å². The zero-order valence-corrected chi connectivity index (χ0v) is 37.2. The normalized spacial score (nSPS) is 39.5. The number of esters is 1. The molecule has 2 aromatic heterocycles. The van der Waals surface area contributed by atoms with Gasteiger partial charge in [-0.2, -0.15) is 0 Å². The number of aliphatic imine (C=N–C) groups is 1. The number of thiophene rings is 1. The minimum atomic E-state index is -1.83. The van der Waals surface area contributed by atoms with Crippen LogP contribution in [0.25, 0.3) is 10.6 Å². The molecule has 2 N–H and O–H groups in total. The van der Waals surface area contributed by atoms with Gasteiger partial charge in [-0.1, -0.05) is 38.9 Å². The van der Waals surface area contributed by atoms with Gasteiger partial charge in [-0.15, -0.1) is 11.3 Å². The van der Waals surface area contributed by atoms with Gasteiger partial charge in [0.2, 0.25) is 6.10 Å². The molecule has 16 heteroatoms. The fourth-order valence-corrected chi connectivity index (χ4v) is 10.3. The molecule has 4 aliphatic rings. The van der Waals surface area contributed by atoms with E-state index in [4.69, 9.17) is 33.5 Å². The minimum absolute atomic E-state index is 0.156. The summed E-state index contributed by atoms with van der Waals surface area (Å²) in [7, 11) is 3.74. The van der Waals surface area contributed by atoms with Crippen LogP contribution >= 0.6 is 11.3 Å². The smallest absolute Gasteiger partial charge is 0.316 e. The lowest BCUT2D eigenvalue weighted by molar-refractivity contribution is -0.296. The van der Waals surface area contributed by atoms with E-state index in [1.165, 1.54) is 25.2 Å². The Kier molecular flexibility index (Phi) is 14.5. The third-order valence-electron chi connectivity index (χ3n) is 12.6. The lowest BCUT2D eigenvalue weighted by atomic mass is 9.73. The lowest BCUT2D eigenvalue weighted by Gasteiger charge is -2.47. The van der Waals surface area contributed by atoms with E-state index in [9.17, 15) is 24.6 Å². The van der Waals surface area contributed by atoms with Gasteiger partial charge in [-0.05, 0) is 91.2 Å². The van der Waals surface area contributed by atoms with Crippen LogP contribution in [0.2, 0.25) is 0 Å². The van der Waals surface area contributed by atoms with Gasteiger partial charge < -0.3 is 43.6 Å². The molecule has 6 rings (SSSR count). The maximum Gasteiger partial charge on any atom is 0.316 e. The molecule has 0 aliphatic carbocycles. The average Bonchev–Trinajstić information content (AvgIpc) is 3.67. The zero-order valence-electron chi connectivity index (χ0n) is 36.4. The van der Waals surface area contributed by atoms with E-state index in [-0.39, 0.29) is 50.3 Å². The van der Waals surface area contributed by atoms with Crippen LogP contribution in [0.15, 0.2) is 46.7 Å². The Bertz CT molecular complexity index is 1900. The van der Waals surface area contributed by atoms with Crippen molar-refractivity contribution in [3.8, 4) is 10.6 Å². The molecule has 15 nitrogen and oxygen atoms in total. The molecule has 1 amide bonds. The summed E-state index contributed by atoms with van der Waals surface area (Å²) in [6.07, 6.45) is -4.18. The Labute approximate surface area is 356 Å². The van der Waals surface area contributed by atoms with Crippen molar-refractivity contribution in [2.24, 2.45) is 33.8 Å². The highest BCUT2D eigenvalue weighted by Crippen LogP contribution is 2.40. The summed E-state index contributed by atoms with van der Waals surface area (Å²) >= 11 is 1.49. The average molecular weight is 855 g/mol. The predicted molar refractivity (Wildman–Crippen MR) is 224 cm³/mol. The summed E-state index contributed by atoms with van der Waals surface area (Å²) in [6.45, 7) is 13.5. The van der Waals surface area contributed by atoms with Crippen molar-refractivity contribution in [1.82, 2.24) is 9.88 Å². The number of nitrogens with zero attached hydrogens (tertiary/aromatic N) is 4. The number of ketones is 1. The van der Waals surface area contributed by atoms with Gasteiger partial charge in [0, 0.05) is 41.1 Å². The summed E-state index contributed by atoms with van der Waals surface area (Å²) in [5, 5.41) is 28.6. The first-order chi connectivity index (χ1) is 28.3. The number of carbonyl (C=O) groups excluding carboxylic acids is 3. The molecule has 1 unspecified atom stereocenters. The molecule has 3 fully saturated rings. The number of likely N-dealkylation sites (N-methyl/N-ethyl adjacent to an activating group) is 1. The Morgan fingerprint density at radius 3 is 2.45 bits per heavy atom. The molecule has 60 heavy (non-hydrogen) atoms. The molecule has 4 bridgehead atoms. The number of Topliss-reactive ketones (excluding diaryl/α,β-unsaturated/α-hetero) is 1. The largest absolute Gasteiger partial charge is 0.459 e. The lowest BCUT2D eigenvalue weighted by Crippen LogP contribution is -2.60. The Balaban J connectivity index is 1.48. The van der Waals surface area contributed by atoms with Crippen LogP contribution in [-0.2, 0) is 49.3 Å². The van der Waals surface area contributed by atoms with Crippen LogP contribution < -0.4 is 0 Å². The van der Waals surface area contributed by atoms with Crippen LogP contribution in [-0.4, -0.2) is 137 Å². The quantitative estimate of drug-likeness (QED) is 0.290. The van der Waals surface area contributed by atoms with Crippen LogP contribution in [0, 0.1) is 23.7 Å². The molecule has 0 aromatic carbocycles. The van der Waals surface area contributed by atoms with E-state index in [0.29, 0.717) is 12.1 Å². The van der Waals surface area contributed by atoms with Crippen LogP contribution in [0.1, 0.15) is 79.5 Å². The number of hydrogen-bond donors (Lipinski definition) is 2. The third kappa shape index (κ3) is 9.76. The van der Waals surface area contributed by atoms with Gasteiger partial charge in [0.25, 0.3) is 5.91 Å². The number of aliphatic hydroxyl groups is 2. The van der Waals surface area contributed by atoms with Gasteiger partial charge >= 0.3 is 5.97 Å².